The van der Waals surface area contributed by atoms with Crippen molar-refractivity contribution in [2.45, 2.75) is 19.4 Å². The van der Waals surface area contributed by atoms with E-state index in [9.17, 15) is 9.59 Å². The van der Waals surface area contributed by atoms with Gasteiger partial charge in [-0.05, 0) is 48.9 Å². The molecule has 0 amide bonds. The van der Waals surface area contributed by atoms with Crippen molar-refractivity contribution in [2.24, 2.45) is 0 Å². The van der Waals surface area contributed by atoms with Gasteiger partial charge in [-0.1, -0.05) is 48.0 Å². The minimum absolute atomic E-state index is 0.105. The number of fused-ring (bicyclic) bond motifs is 1. The molecule has 150 valence electrons. The van der Waals surface area contributed by atoms with Crippen LogP contribution in [0, 0.1) is 6.92 Å². The van der Waals surface area contributed by atoms with Crippen LogP contribution in [0.5, 0.6) is 0 Å². The Balaban J connectivity index is 1.60. The first-order valence-electron chi connectivity index (χ1n) is 9.68. The topological polar surface area (TPSA) is 79.5 Å². The Labute approximate surface area is 174 Å². The predicted octanol–water partition coefficient (Wildman–Crippen LogP) is 5.87. The molecule has 4 aromatic rings. The maximum Gasteiger partial charge on any atom is 0.335 e. The lowest BCUT2D eigenvalue weighted by Gasteiger charge is -2.20. The summed E-state index contributed by atoms with van der Waals surface area (Å²) in [5.41, 5.74) is 3.73. The molecule has 1 unspecified atom stereocenters. The van der Waals surface area contributed by atoms with Gasteiger partial charge in [0.1, 0.15) is 5.58 Å². The third-order valence-corrected chi connectivity index (χ3v) is 5.04. The fourth-order valence-electron chi connectivity index (χ4n) is 3.37. The first kappa shape index (κ1) is 19.5. The second-order valence-corrected chi connectivity index (χ2v) is 7.27. The molecular formula is C25H21NO4. The number of benzene rings is 3. The number of aryl methyl sites for hydroxylation is 1. The summed E-state index contributed by atoms with van der Waals surface area (Å²) in [4.78, 5) is 24.1. The Bertz CT molecular complexity index is 1160. The molecule has 0 bridgehead atoms. The number of nitrogens with one attached hydrogen (secondary N) is 1. The zero-order valence-electron chi connectivity index (χ0n) is 16.5. The monoisotopic (exact) mass is 399 g/mol. The van der Waals surface area contributed by atoms with Crippen molar-refractivity contribution in [3.8, 4) is 0 Å². The van der Waals surface area contributed by atoms with E-state index < -0.39 is 5.97 Å². The van der Waals surface area contributed by atoms with Crippen LogP contribution in [0.1, 0.15) is 44.5 Å². The number of carbonyl (C=O) groups is 2. The standard InChI is InChI=1S/C25H21NO4/c1-16-6-8-17(9-7-16)21(26-20-12-10-18(11-13-20)25(28)29)15-22(27)24-14-19-4-2-3-5-23(19)30-24/h2-14,21,26H,15H2,1H3,(H,28,29). The van der Waals surface area contributed by atoms with Crippen LogP contribution in [0.3, 0.4) is 0 Å². The fraction of sp³-hybridized carbons (Fsp3) is 0.120. The van der Waals surface area contributed by atoms with Gasteiger partial charge >= 0.3 is 5.97 Å². The van der Waals surface area contributed by atoms with Crippen molar-refractivity contribution in [1.29, 1.82) is 0 Å². The summed E-state index contributed by atoms with van der Waals surface area (Å²) >= 11 is 0. The summed E-state index contributed by atoms with van der Waals surface area (Å²) < 4.78 is 5.74. The highest BCUT2D eigenvalue weighted by Crippen LogP contribution is 2.27. The average molecular weight is 399 g/mol. The molecule has 0 aliphatic rings. The SMILES string of the molecule is Cc1ccc(C(CC(=O)c2cc3ccccc3o2)Nc2ccc(C(=O)O)cc2)cc1. The molecule has 1 heterocycles. The highest BCUT2D eigenvalue weighted by atomic mass is 16.4. The number of hydrogen-bond donors (Lipinski definition) is 2. The molecule has 0 radical (unpaired) electrons. The maximum absolute atomic E-state index is 13.0. The predicted molar refractivity (Wildman–Crippen MR) is 116 cm³/mol. The number of carboxylic acids is 1. The van der Waals surface area contributed by atoms with Gasteiger partial charge < -0.3 is 14.8 Å². The zero-order chi connectivity index (χ0) is 21.1. The maximum atomic E-state index is 13.0. The van der Waals surface area contributed by atoms with Crippen LogP contribution >= 0.6 is 0 Å². The van der Waals surface area contributed by atoms with Crippen LogP contribution in [0.15, 0.2) is 83.3 Å². The van der Waals surface area contributed by atoms with Crippen LogP contribution in [-0.2, 0) is 0 Å². The van der Waals surface area contributed by atoms with Crippen LogP contribution in [0.4, 0.5) is 5.69 Å². The van der Waals surface area contributed by atoms with Crippen LogP contribution < -0.4 is 5.32 Å². The summed E-state index contributed by atoms with van der Waals surface area (Å²) in [6, 6.07) is 23.5. The first-order chi connectivity index (χ1) is 14.5. The Morgan fingerprint density at radius 1 is 0.967 bits per heavy atom. The highest BCUT2D eigenvalue weighted by molar-refractivity contribution is 5.98. The van der Waals surface area contributed by atoms with Gasteiger partial charge in [0, 0.05) is 17.5 Å². The van der Waals surface area contributed by atoms with Crippen molar-refractivity contribution >= 4 is 28.4 Å². The summed E-state index contributed by atoms with van der Waals surface area (Å²) in [7, 11) is 0. The van der Waals surface area contributed by atoms with Gasteiger partial charge in [-0.3, -0.25) is 4.79 Å². The van der Waals surface area contributed by atoms with Gasteiger partial charge in [0.15, 0.2) is 11.5 Å². The minimum atomic E-state index is -0.975. The molecule has 0 fully saturated rings. The van der Waals surface area contributed by atoms with Gasteiger partial charge in [-0.25, -0.2) is 4.79 Å². The van der Waals surface area contributed by atoms with Gasteiger partial charge in [-0.15, -0.1) is 0 Å². The lowest BCUT2D eigenvalue weighted by Crippen LogP contribution is -2.15. The average Bonchev–Trinajstić information content (AvgIpc) is 3.19. The Hall–Kier alpha value is -3.86. The molecule has 0 aliphatic heterocycles. The number of hydrogen-bond acceptors (Lipinski definition) is 4. The first-order valence-corrected chi connectivity index (χ1v) is 9.68. The van der Waals surface area contributed by atoms with Gasteiger partial charge in [0.25, 0.3) is 0 Å². The lowest BCUT2D eigenvalue weighted by molar-refractivity contribution is 0.0696. The minimum Gasteiger partial charge on any atom is -0.478 e. The quantitative estimate of drug-likeness (QED) is 0.380. The second-order valence-electron chi connectivity index (χ2n) is 7.27. The number of carbonyl (C=O) groups excluding carboxylic acids is 1. The van der Waals surface area contributed by atoms with Crippen molar-refractivity contribution in [1.82, 2.24) is 0 Å². The third kappa shape index (κ3) is 4.25. The molecule has 3 aromatic carbocycles. The van der Waals surface area contributed by atoms with E-state index in [4.69, 9.17) is 9.52 Å². The number of para-hydroxylation sites is 1. The smallest absolute Gasteiger partial charge is 0.335 e. The normalized spacial score (nSPS) is 11.9. The molecule has 2 N–H and O–H groups in total. The molecule has 1 aromatic heterocycles. The molecule has 0 spiro atoms. The molecule has 5 nitrogen and oxygen atoms in total. The lowest BCUT2D eigenvalue weighted by atomic mass is 9.98. The zero-order valence-corrected chi connectivity index (χ0v) is 16.5. The number of ketones is 1. The van der Waals surface area contributed by atoms with Crippen molar-refractivity contribution in [3.63, 3.8) is 0 Å². The van der Waals surface area contributed by atoms with E-state index in [1.807, 2.05) is 55.5 Å². The van der Waals surface area contributed by atoms with Crippen molar-refractivity contribution in [2.75, 3.05) is 5.32 Å². The molecule has 4 rings (SSSR count). The Morgan fingerprint density at radius 3 is 2.33 bits per heavy atom. The van der Waals surface area contributed by atoms with E-state index in [-0.39, 0.29) is 23.8 Å². The number of rotatable bonds is 7. The number of carboxylic acid groups (broad SMARTS) is 1. The largest absolute Gasteiger partial charge is 0.478 e. The van der Waals surface area contributed by atoms with Crippen LogP contribution in [0.25, 0.3) is 11.0 Å². The number of aromatic carboxylic acids is 1. The van der Waals surface area contributed by atoms with Crippen molar-refractivity contribution in [3.05, 3.63) is 101 Å². The third-order valence-electron chi connectivity index (χ3n) is 5.04. The molecule has 0 aliphatic carbocycles. The summed E-state index contributed by atoms with van der Waals surface area (Å²) in [6.07, 6.45) is 0.198. The van der Waals surface area contributed by atoms with Crippen molar-refractivity contribution < 1.29 is 19.1 Å². The molecular weight excluding hydrogens is 378 g/mol. The van der Waals surface area contributed by atoms with E-state index in [0.29, 0.717) is 11.3 Å². The number of Topliss-reactive ketones (excluding diaryl/α,β-unsaturated/α-hetero) is 1. The van der Waals surface area contributed by atoms with E-state index in [2.05, 4.69) is 5.32 Å². The molecule has 0 saturated heterocycles. The summed E-state index contributed by atoms with van der Waals surface area (Å²) in [5, 5.41) is 13.3. The second kappa shape index (κ2) is 8.25. The van der Waals surface area contributed by atoms with Gasteiger partial charge in [0.2, 0.25) is 0 Å². The highest BCUT2D eigenvalue weighted by Gasteiger charge is 2.20. The summed E-state index contributed by atoms with van der Waals surface area (Å²) in [5.74, 6) is -0.750. The fourth-order valence-corrected chi connectivity index (χ4v) is 3.37. The Kier molecular flexibility index (Phi) is 5.35. The van der Waals surface area contributed by atoms with Gasteiger partial charge in [-0.2, -0.15) is 0 Å². The van der Waals surface area contributed by atoms with Gasteiger partial charge in [0.05, 0.1) is 11.6 Å². The number of furan rings is 1. The molecule has 30 heavy (non-hydrogen) atoms. The Morgan fingerprint density at radius 2 is 1.67 bits per heavy atom. The molecule has 1 atom stereocenters. The molecule has 0 saturated carbocycles. The van der Waals surface area contributed by atoms with Crippen LogP contribution in [-0.4, -0.2) is 16.9 Å². The van der Waals surface area contributed by atoms with E-state index >= 15 is 0 Å². The summed E-state index contributed by atoms with van der Waals surface area (Å²) in [6.45, 7) is 2.01. The number of anilines is 1. The molecule has 5 heteroatoms. The van der Waals surface area contributed by atoms with E-state index in [1.165, 1.54) is 12.1 Å². The van der Waals surface area contributed by atoms with Crippen LogP contribution in [0.2, 0.25) is 0 Å². The van der Waals surface area contributed by atoms with E-state index in [1.54, 1.807) is 18.2 Å². The van der Waals surface area contributed by atoms with E-state index in [0.717, 1.165) is 22.2 Å².